The molecule has 0 N–H and O–H groups in total. The van der Waals surface area contributed by atoms with Gasteiger partial charge in [0.05, 0.1) is 11.6 Å². The first-order chi connectivity index (χ1) is 7.81. The first-order valence-corrected chi connectivity index (χ1v) is 5.06. The van der Waals surface area contributed by atoms with E-state index in [1.54, 1.807) is 6.07 Å². The van der Waals surface area contributed by atoms with Gasteiger partial charge < -0.3 is 0 Å². The minimum absolute atomic E-state index is 0.662. The summed E-state index contributed by atoms with van der Waals surface area (Å²) >= 11 is 0. The Labute approximate surface area is 95.3 Å². The van der Waals surface area contributed by atoms with E-state index < -0.39 is 0 Å². The predicted molar refractivity (Wildman–Crippen MR) is 65.7 cm³/mol. The molecule has 0 aliphatic carbocycles. The molecule has 0 aromatic heterocycles. The van der Waals surface area contributed by atoms with Crippen molar-refractivity contribution in [2.75, 3.05) is 0 Å². The number of nitrogens with zero attached hydrogens (tertiary/aromatic N) is 1. The molecule has 0 unspecified atom stereocenters. The third-order valence-corrected chi connectivity index (χ3v) is 2.46. The zero-order chi connectivity index (χ0) is 11.4. The molecule has 2 aromatic rings. The Morgan fingerprint density at radius 3 is 2.31 bits per heavy atom. The molecule has 16 heavy (non-hydrogen) atoms. The molecule has 0 amide bonds. The molecule has 0 aliphatic heterocycles. The Balaban J connectivity index is 2.39. The Bertz CT molecular complexity index is 547. The molecule has 0 heterocycles. The van der Waals surface area contributed by atoms with Gasteiger partial charge in [0.2, 0.25) is 0 Å². The van der Waals surface area contributed by atoms with Crippen molar-refractivity contribution in [3.05, 3.63) is 77.9 Å². The van der Waals surface area contributed by atoms with Gasteiger partial charge in [-0.2, -0.15) is 5.26 Å². The van der Waals surface area contributed by atoms with E-state index in [4.69, 9.17) is 5.26 Å². The molecule has 2 rings (SSSR count). The normalized spacial score (nSPS) is 9.44. The number of hydrogen-bond donors (Lipinski definition) is 0. The van der Waals surface area contributed by atoms with E-state index in [2.05, 4.69) is 12.6 Å². The minimum atomic E-state index is 0.662. The van der Waals surface area contributed by atoms with Crippen molar-refractivity contribution in [3.63, 3.8) is 0 Å². The van der Waals surface area contributed by atoms with Crippen molar-refractivity contribution in [3.8, 4) is 6.07 Å². The number of hydrogen-bond acceptors (Lipinski definition) is 1. The highest BCUT2D eigenvalue weighted by Gasteiger charge is 2.02. The Hall–Kier alpha value is -2.33. The molecule has 2 aromatic carbocycles. The molecule has 0 saturated heterocycles. The highest BCUT2D eigenvalue weighted by atomic mass is 14.2. The van der Waals surface area contributed by atoms with Gasteiger partial charge in [-0.05, 0) is 28.8 Å². The van der Waals surface area contributed by atoms with Crippen LogP contribution in [0.4, 0.5) is 0 Å². The molecular formula is C15H11N. The second-order valence-corrected chi connectivity index (χ2v) is 3.54. The van der Waals surface area contributed by atoms with Crippen LogP contribution in [0.3, 0.4) is 0 Å². The number of nitriles is 1. The molecular weight excluding hydrogens is 194 g/mol. The van der Waals surface area contributed by atoms with Gasteiger partial charge in [-0.25, -0.2) is 0 Å². The zero-order valence-electron chi connectivity index (χ0n) is 8.85. The maximum absolute atomic E-state index is 8.83. The molecule has 0 spiro atoms. The number of benzene rings is 2. The lowest BCUT2D eigenvalue weighted by Crippen LogP contribution is -1.86. The standard InChI is InChI=1S/C15H11N/c1-12(14-7-3-2-4-8-14)15-9-5-6-13(10-15)11-16/h2-10H,1H2. The van der Waals surface area contributed by atoms with Gasteiger partial charge in [-0.15, -0.1) is 0 Å². The van der Waals surface area contributed by atoms with Crippen LogP contribution in [0.2, 0.25) is 0 Å². The van der Waals surface area contributed by atoms with Gasteiger partial charge >= 0.3 is 0 Å². The van der Waals surface area contributed by atoms with Crippen LogP contribution in [0, 0.1) is 11.3 Å². The van der Waals surface area contributed by atoms with Crippen LogP contribution in [0.5, 0.6) is 0 Å². The van der Waals surface area contributed by atoms with E-state index in [0.717, 1.165) is 16.7 Å². The highest BCUT2D eigenvalue weighted by molar-refractivity contribution is 5.78. The predicted octanol–water partition coefficient (Wildman–Crippen LogP) is 3.62. The molecule has 0 saturated carbocycles. The third kappa shape index (κ3) is 2.02. The summed E-state index contributed by atoms with van der Waals surface area (Å²) in [6.45, 7) is 4.06. The van der Waals surface area contributed by atoms with E-state index in [0.29, 0.717) is 5.56 Å². The van der Waals surface area contributed by atoms with Gasteiger partial charge in [0.1, 0.15) is 0 Å². The summed E-state index contributed by atoms with van der Waals surface area (Å²) in [5, 5.41) is 8.83. The summed E-state index contributed by atoms with van der Waals surface area (Å²) in [6, 6.07) is 19.6. The molecule has 76 valence electrons. The van der Waals surface area contributed by atoms with Crippen LogP contribution in [0.1, 0.15) is 16.7 Å². The molecule has 0 aliphatic rings. The Morgan fingerprint density at radius 1 is 0.938 bits per heavy atom. The SMILES string of the molecule is C=C(c1ccccc1)c1cccc(C#N)c1. The lowest BCUT2D eigenvalue weighted by Gasteiger charge is -2.06. The fourth-order valence-corrected chi connectivity index (χ4v) is 1.58. The van der Waals surface area contributed by atoms with Crippen molar-refractivity contribution < 1.29 is 0 Å². The zero-order valence-corrected chi connectivity index (χ0v) is 8.85. The lowest BCUT2D eigenvalue weighted by molar-refractivity contribution is 1.47. The summed E-state index contributed by atoms with van der Waals surface area (Å²) in [5.74, 6) is 0. The van der Waals surface area contributed by atoms with Crippen LogP contribution in [0.15, 0.2) is 61.2 Å². The van der Waals surface area contributed by atoms with Crippen LogP contribution in [0.25, 0.3) is 5.57 Å². The first kappa shape index (κ1) is 10.2. The molecule has 1 heteroatoms. The van der Waals surface area contributed by atoms with Gasteiger partial charge in [-0.1, -0.05) is 49.0 Å². The number of rotatable bonds is 2. The summed E-state index contributed by atoms with van der Waals surface area (Å²) in [4.78, 5) is 0. The van der Waals surface area contributed by atoms with Gasteiger partial charge in [0.15, 0.2) is 0 Å². The van der Waals surface area contributed by atoms with Crippen molar-refractivity contribution in [1.29, 1.82) is 5.26 Å². The van der Waals surface area contributed by atoms with Crippen LogP contribution in [-0.2, 0) is 0 Å². The fraction of sp³-hybridized carbons (Fsp3) is 0. The Morgan fingerprint density at radius 2 is 1.62 bits per heavy atom. The summed E-state index contributed by atoms with van der Waals surface area (Å²) in [5.41, 5.74) is 3.68. The van der Waals surface area contributed by atoms with Crippen molar-refractivity contribution in [2.24, 2.45) is 0 Å². The monoisotopic (exact) mass is 205 g/mol. The fourth-order valence-electron chi connectivity index (χ4n) is 1.58. The second-order valence-electron chi connectivity index (χ2n) is 3.54. The van der Waals surface area contributed by atoms with E-state index in [9.17, 15) is 0 Å². The van der Waals surface area contributed by atoms with E-state index in [1.807, 2.05) is 48.5 Å². The smallest absolute Gasteiger partial charge is 0.0991 e. The van der Waals surface area contributed by atoms with E-state index in [1.165, 1.54) is 0 Å². The van der Waals surface area contributed by atoms with Crippen LogP contribution < -0.4 is 0 Å². The molecule has 0 fully saturated rings. The highest BCUT2D eigenvalue weighted by Crippen LogP contribution is 2.21. The van der Waals surface area contributed by atoms with Crippen molar-refractivity contribution >= 4 is 5.57 Å². The Kier molecular flexibility index (Phi) is 2.84. The largest absolute Gasteiger partial charge is 0.192 e. The molecule has 1 nitrogen and oxygen atoms in total. The average Bonchev–Trinajstić information content (AvgIpc) is 2.39. The molecule has 0 bridgehead atoms. The average molecular weight is 205 g/mol. The first-order valence-electron chi connectivity index (χ1n) is 5.06. The van der Waals surface area contributed by atoms with Gasteiger partial charge in [0, 0.05) is 0 Å². The van der Waals surface area contributed by atoms with E-state index >= 15 is 0 Å². The second kappa shape index (κ2) is 4.46. The maximum Gasteiger partial charge on any atom is 0.0991 e. The quantitative estimate of drug-likeness (QED) is 0.734. The van der Waals surface area contributed by atoms with Crippen molar-refractivity contribution in [1.82, 2.24) is 0 Å². The molecule has 0 atom stereocenters. The third-order valence-electron chi connectivity index (χ3n) is 2.46. The summed E-state index contributed by atoms with van der Waals surface area (Å²) in [7, 11) is 0. The molecule has 0 radical (unpaired) electrons. The summed E-state index contributed by atoms with van der Waals surface area (Å²) in [6.07, 6.45) is 0. The topological polar surface area (TPSA) is 23.8 Å². The van der Waals surface area contributed by atoms with E-state index in [-0.39, 0.29) is 0 Å². The minimum Gasteiger partial charge on any atom is -0.192 e. The van der Waals surface area contributed by atoms with Crippen molar-refractivity contribution in [2.45, 2.75) is 0 Å². The van der Waals surface area contributed by atoms with Crippen LogP contribution >= 0.6 is 0 Å². The van der Waals surface area contributed by atoms with Gasteiger partial charge in [-0.3, -0.25) is 0 Å². The van der Waals surface area contributed by atoms with Crippen LogP contribution in [-0.4, -0.2) is 0 Å². The summed E-state index contributed by atoms with van der Waals surface area (Å²) < 4.78 is 0. The van der Waals surface area contributed by atoms with Gasteiger partial charge in [0.25, 0.3) is 0 Å². The maximum atomic E-state index is 8.83. The lowest BCUT2D eigenvalue weighted by atomic mass is 9.98.